The Kier molecular flexibility index (Phi) is 6.15. The zero-order valence-corrected chi connectivity index (χ0v) is 13.6. The summed E-state index contributed by atoms with van der Waals surface area (Å²) >= 11 is 5.58. The van der Waals surface area contributed by atoms with Gasteiger partial charge in [0.15, 0.2) is 0 Å². The molecule has 1 aliphatic rings. The third-order valence-corrected chi connectivity index (χ3v) is 3.04. The number of likely N-dealkylation sites (tertiary alicyclic amines) is 1. The van der Waals surface area contributed by atoms with Crippen LogP contribution in [0.25, 0.3) is 0 Å². The van der Waals surface area contributed by atoms with Crippen LogP contribution in [-0.2, 0) is 4.74 Å². The van der Waals surface area contributed by atoms with Crippen LogP contribution in [0.3, 0.4) is 0 Å². The third-order valence-electron chi connectivity index (χ3n) is 2.81. The van der Waals surface area contributed by atoms with E-state index in [1.165, 1.54) is 0 Å². The molecule has 6 heteroatoms. The number of rotatable bonds is 0. The largest absolute Gasteiger partial charge is 0.444 e. The molecule has 0 saturated carbocycles. The summed E-state index contributed by atoms with van der Waals surface area (Å²) in [5, 5.41) is 0.613. The normalized spacial score (nSPS) is 14.4. The molecule has 1 aromatic rings. The average Bonchev–Trinajstić information content (AvgIpc) is 2.87. The number of amides is 1. The monoisotopic (exact) mass is 313 g/mol. The second-order valence-corrected chi connectivity index (χ2v) is 6.38. The summed E-state index contributed by atoms with van der Waals surface area (Å²) in [5.74, 6) is 0. The van der Waals surface area contributed by atoms with Gasteiger partial charge in [0.2, 0.25) is 0 Å². The maximum absolute atomic E-state index is 11.4. The number of carbonyl (C=O) groups is 1. The zero-order valence-electron chi connectivity index (χ0n) is 12.9. The molecular formula is C15H24ClN3O2. The smallest absolute Gasteiger partial charge is 0.410 e. The van der Waals surface area contributed by atoms with Crippen molar-refractivity contribution in [2.75, 3.05) is 24.6 Å². The maximum atomic E-state index is 11.4. The minimum Gasteiger partial charge on any atom is -0.444 e. The van der Waals surface area contributed by atoms with Gasteiger partial charge in [0.05, 0.1) is 11.4 Å². The predicted octanol–water partition coefficient (Wildman–Crippen LogP) is 3.52. The standard InChI is InChI=1S/C9H17NO2.C6H7ClN2/c1-9(2,3)12-8(11)10-6-4-5-7-10;7-4-1-2-5(8)6(9)3-4/h4-7H2,1-3H3;1-3H,8-9H2. The Morgan fingerprint density at radius 1 is 1.19 bits per heavy atom. The van der Waals surface area contributed by atoms with Crippen molar-refractivity contribution in [2.45, 2.75) is 39.2 Å². The molecule has 118 valence electrons. The molecule has 1 amide bonds. The number of nitrogens with two attached hydrogens (primary N) is 2. The molecule has 0 unspecified atom stereocenters. The zero-order chi connectivity index (χ0) is 16.0. The molecular weight excluding hydrogens is 290 g/mol. The second-order valence-electron chi connectivity index (χ2n) is 5.95. The number of nitrogens with zero attached hydrogens (tertiary/aromatic N) is 1. The van der Waals surface area contributed by atoms with E-state index in [2.05, 4.69) is 0 Å². The highest BCUT2D eigenvalue weighted by Crippen LogP contribution is 2.18. The molecule has 2 rings (SSSR count). The lowest BCUT2D eigenvalue weighted by molar-refractivity contribution is 0.0295. The van der Waals surface area contributed by atoms with Crippen LogP contribution in [0.5, 0.6) is 0 Å². The van der Waals surface area contributed by atoms with Gasteiger partial charge in [-0.3, -0.25) is 0 Å². The quantitative estimate of drug-likeness (QED) is 0.718. The van der Waals surface area contributed by atoms with E-state index in [1.807, 2.05) is 20.8 Å². The summed E-state index contributed by atoms with van der Waals surface area (Å²) in [4.78, 5) is 13.1. The highest BCUT2D eigenvalue weighted by Gasteiger charge is 2.23. The Morgan fingerprint density at radius 3 is 2.19 bits per heavy atom. The van der Waals surface area contributed by atoms with E-state index in [1.54, 1.807) is 23.1 Å². The number of ether oxygens (including phenoxy) is 1. The molecule has 1 fully saturated rings. The molecule has 5 nitrogen and oxygen atoms in total. The minimum absolute atomic E-state index is 0.167. The van der Waals surface area contributed by atoms with Crippen molar-refractivity contribution in [2.24, 2.45) is 0 Å². The van der Waals surface area contributed by atoms with Gasteiger partial charge in [0, 0.05) is 18.1 Å². The molecule has 0 spiro atoms. The van der Waals surface area contributed by atoms with Crippen molar-refractivity contribution < 1.29 is 9.53 Å². The number of hydrogen-bond donors (Lipinski definition) is 2. The molecule has 1 aliphatic heterocycles. The van der Waals surface area contributed by atoms with Crippen molar-refractivity contribution >= 4 is 29.1 Å². The van der Waals surface area contributed by atoms with Gasteiger partial charge < -0.3 is 21.1 Å². The lowest BCUT2D eigenvalue weighted by Crippen LogP contribution is -2.34. The number of nitrogen functional groups attached to an aromatic ring is 2. The fraction of sp³-hybridized carbons (Fsp3) is 0.533. The Hall–Kier alpha value is -1.62. The van der Waals surface area contributed by atoms with Crippen LogP contribution in [0.4, 0.5) is 16.2 Å². The first-order chi connectivity index (χ1) is 9.69. The number of carbonyl (C=O) groups excluding carboxylic acids is 1. The van der Waals surface area contributed by atoms with Crippen LogP contribution in [0, 0.1) is 0 Å². The fourth-order valence-corrected chi connectivity index (χ4v) is 1.95. The summed E-state index contributed by atoms with van der Waals surface area (Å²) in [6.45, 7) is 7.38. The van der Waals surface area contributed by atoms with E-state index < -0.39 is 0 Å². The van der Waals surface area contributed by atoms with Crippen LogP contribution >= 0.6 is 11.6 Å². The van der Waals surface area contributed by atoms with Crippen LogP contribution in [0.2, 0.25) is 5.02 Å². The molecule has 1 aromatic carbocycles. The number of halogens is 1. The summed E-state index contributed by atoms with van der Waals surface area (Å²) in [6.07, 6.45) is 2.05. The van der Waals surface area contributed by atoms with Crippen molar-refractivity contribution in [3.8, 4) is 0 Å². The van der Waals surface area contributed by atoms with Crippen LogP contribution in [0.1, 0.15) is 33.6 Å². The van der Waals surface area contributed by atoms with E-state index in [-0.39, 0.29) is 11.7 Å². The Balaban J connectivity index is 0.000000219. The SMILES string of the molecule is CC(C)(C)OC(=O)N1CCCC1.Nc1ccc(Cl)cc1N. The first kappa shape index (κ1) is 17.4. The minimum atomic E-state index is -0.361. The summed E-state index contributed by atoms with van der Waals surface area (Å²) in [7, 11) is 0. The van der Waals surface area contributed by atoms with Gasteiger partial charge in [-0.2, -0.15) is 0 Å². The third kappa shape index (κ3) is 6.58. The van der Waals surface area contributed by atoms with Gasteiger partial charge in [0.1, 0.15) is 5.60 Å². The highest BCUT2D eigenvalue weighted by molar-refractivity contribution is 6.31. The van der Waals surface area contributed by atoms with E-state index in [0.29, 0.717) is 16.4 Å². The lowest BCUT2D eigenvalue weighted by Gasteiger charge is -2.23. The molecule has 21 heavy (non-hydrogen) atoms. The van der Waals surface area contributed by atoms with Gasteiger partial charge in [-0.25, -0.2) is 4.79 Å². The van der Waals surface area contributed by atoms with Crippen molar-refractivity contribution in [1.82, 2.24) is 4.90 Å². The van der Waals surface area contributed by atoms with Crippen molar-refractivity contribution in [3.05, 3.63) is 23.2 Å². The van der Waals surface area contributed by atoms with Crippen LogP contribution in [-0.4, -0.2) is 29.7 Å². The molecule has 1 heterocycles. The first-order valence-electron chi connectivity index (χ1n) is 6.97. The number of benzene rings is 1. The number of anilines is 2. The van der Waals surface area contributed by atoms with E-state index in [9.17, 15) is 4.79 Å². The lowest BCUT2D eigenvalue weighted by atomic mass is 10.2. The molecule has 0 bridgehead atoms. The Bertz CT molecular complexity index is 480. The van der Waals surface area contributed by atoms with Gasteiger partial charge >= 0.3 is 6.09 Å². The van der Waals surface area contributed by atoms with E-state index in [0.717, 1.165) is 25.9 Å². The van der Waals surface area contributed by atoms with Gasteiger partial charge in [-0.15, -0.1) is 0 Å². The van der Waals surface area contributed by atoms with Gasteiger partial charge in [-0.05, 0) is 51.8 Å². The van der Waals surface area contributed by atoms with E-state index in [4.69, 9.17) is 27.8 Å². The van der Waals surface area contributed by atoms with Gasteiger partial charge in [0.25, 0.3) is 0 Å². The first-order valence-corrected chi connectivity index (χ1v) is 7.35. The summed E-state index contributed by atoms with van der Waals surface area (Å²) in [6, 6.07) is 5.00. The molecule has 0 atom stereocenters. The average molecular weight is 314 g/mol. The van der Waals surface area contributed by atoms with Crippen LogP contribution < -0.4 is 11.5 Å². The van der Waals surface area contributed by atoms with Crippen LogP contribution in [0.15, 0.2) is 18.2 Å². The van der Waals surface area contributed by atoms with Gasteiger partial charge in [-0.1, -0.05) is 11.6 Å². The van der Waals surface area contributed by atoms with Crippen molar-refractivity contribution in [3.63, 3.8) is 0 Å². The molecule has 4 N–H and O–H groups in total. The summed E-state index contributed by atoms with van der Waals surface area (Å²) in [5.41, 5.74) is 11.6. The fourth-order valence-electron chi connectivity index (χ4n) is 1.77. The second kappa shape index (κ2) is 7.41. The van der Waals surface area contributed by atoms with Crippen molar-refractivity contribution in [1.29, 1.82) is 0 Å². The van der Waals surface area contributed by atoms with E-state index >= 15 is 0 Å². The predicted molar refractivity (Wildman–Crippen MR) is 87.3 cm³/mol. The Labute approximate surface area is 131 Å². The molecule has 0 radical (unpaired) electrons. The molecule has 0 aromatic heterocycles. The molecule has 1 saturated heterocycles. The Morgan fingerprint density at radius 2 is 1.76 bits per heavy atom. The topological polar surface area (TPSA) is 81.6 Å². The maximum Gasteiger partial charge on any atom is 0.410 e. The highest BCUT2D eigenvalue weighted by atomic mass is 35.5. The molecule has 0 aliphatic carbocycles. The number of hydrogen-bond acceptors (Lipinski definition) is 4. The summed E-state index contributed by atoms with van der Waals surface area (Å²) < 4.78 is 5.21.